The van der Waals surface area contributed by atoms with Crippen molar-refractivity contribution in [2.45, 2.75) is 9.10 Å². The van der Waals surface area contributed by atoms with Gasteiger partial charge in [-0.25, -0.2) is 0 Å². The molecule has 0 saturated carbocycles. The first-order valence-electron chi connectivity index (χ1n) is 5.18. The van der Waals surface area contributed by atoms with Gasteiger partial charge in [0.15, 0.2) is 0 Å². The number of aromatic nitrogens is 1. The van der Waals surface area contributed by atoms with Crippen molar-refractivity contribution in [3.05, 3.63) is 48.1 Å². The molecule has 0 aliphatic carbocycles. The lowest BCUT2D eigenvalue weighted by Gasteiger charge is -2.07. The Morgan fingerprint density at radius 2 is 2.12 bits per heavy atom. The highest BCUT2D eigenvalue weighted by Gasteiger charge is 2.06. The summed E-state index contributed by atoms with van der Waals surface area (Å²) in [6.45, 7) is 0. The van der Waals surface area contributed by atoms with Gasteiger partial charge in [0.1, 0.15) is 0 Å². The fourth-order valence-corrected chi connectivity index (χ4v) is 3.49. The van der Waals surface area contributed by atoms with Crippen molar-refractivity contribution in [3.8, 4) is 0 Å². The van der Waals surface area contributed by atoms with Gasteiger partial charge >= 0.3 is 0 Å². The Morgan fingerprint density at radius 3 is 2.94 bits per heavy atom. The first-order chi connectivity index (χ1) is 8.34. The number of anilines is 1. The molecule has 0 unspecified atom stereocenters. The van der Waals surface area contributed by atoms with Gasteiger partial charge in [-0.2, -0.15) is 0 Å². The number of nitrogens with two attached hydrogens (primary N) is 1. The maximum Gasteiger partial charge on any atom is 0.0647 e. The highest BCUT2D eigenvalue weighted by Crippen LogP contribution is 2.37. The largest absolute Gasteiger partial charge is 0.397 e. The minimum absolute atomic E-state index is 0.836. The van der Waals surface area contributed by atoms with Crippen molar-refractivity contribution in [2.75, 3.05) is 5.73 Å². The Kier molecular flexibility index (Phi) is 2.74. The second kappa shape index (κ2) is 4.39. The van der Waals surface area contributed by atoms with Crippen molar-refractivity contribution >= 4 is 39.6 Å². The van der Waals surface area contributed by atoms with Gasteiger partial charge in [-0.05, 0) is 23.6 Å². The average Bonchev–Trinajstić information content (AvgIpc) is 2.86. The summed E-state index contributed by atoms with van der Waals surface area (Å²) in [4.78, 5) is 5.20. The van der Waals surface area contributed by atoms with Crippen LogP contribution in [0.3, 0.4) is 0 Å². The van der Waals surface area contributed by atoms with Crippen molar-refractivity contribution in [2.24, 2.45) is 0 Å². The van der Waals surface area contributed by atoms with Crippen LogP contribution in [0.25, 0.3) is 10.8 Å². The molecule has 0 aliphatic heterocycles. The molecule has 1 aromatic carbocycles. The van der Waals surface area contributed by atoms with E-state index >= 15 is 0 Å². The number of pyridine rings is 1. The van der Waals surface area contributed by atoms with Gasteiger partial charge in [-0.15, -0.1) is 11.3 Å². The number of rotatable bonds is 2. The minimum Gasteiger partial charge on any atom is -0.397 e. The normalized spacial score (nSPS) is 10.8. The Bertz CT molecular complexity index is 648. The summed E-state index contributed by atoms with van der Waals surface area (Å²) in [5, 5.41) is 4.23. The van der Waals surface area contributed by atoms with Gasteiger partial charge in [0.05, 0.1) is 9.90 Å². The van der Waals surface area contributed by atoms with E-state index in [1.54, 1.807) is 29.3 Å². The zero-order valence-corrected chi connectivity index (χ0v) is 10.6. The van der Waals surface area contributed by atoms with Gasteiger partial charge in [-0.1, -0.05) is 23.9 Å². The van der Waals surface area contributed by atoms with Gasteiger partial charge in [0.2, 0.25) is 0 Å². The number of nitrogen functional groups attached to an aromatic ring is 1. The van der Waals surface area contributed by atoms with E-state index in [1.165, 1.54) is 4.21 Å². The predicted molar refractivity (Wildman–Crippen MR) is 74.6 cm³/mol. The quantitative estimate of drug-likeness (QED) is 0.705. The first kappa shape index (κ1) is 10.6. The summed E-state index contributed by atoms with van der Waals surface area (Å²) in [6, 6.07) is 10.2. The van der Waals surface area contributed by atoms with E-state index < -0.39 is 0 Å². The lowest BCUT2D eigenvalue weighted by Crippen LogP contribution is -1.90. The smallest absolute Gasteiger partial charge is 0.0647 e. The minimum atomic E-state index is 0.836. The van der Waals surface area contributed by atoms with Crippen molar-refractivity contribution in [1.29, 1.82) is 0 Å². The van der Waals surface area contributed by atoms with E-state index in [9.17, 15) is 0 Å². The summed E-state index contributed by atoms with van der Waals surface area (Å²) < 4.78 is 1.25. The lowest BCUT2D eigenvalue weighted by atomic mass is 10.1. The van der Waals surface area contributed by atoms with Crippen LogP contribution in [0.4, 0.5) is 5.69 Å². The number of hydrogen-bond donors (Lipinski definition) is 1. The van der Waals surface area contributed by atoms with E-state index in [4.69, 9.17) is 5.73 Å². The van der Waals surface area contributed by atoms with Crippen LogP contribution in [0.1, 0.15) is 0 Å². The number of nitrogens with zero attached hydrogens (tertiary/aromatic N) is 1. The number of thiophene rings is 1. The average molecular weight is 258 g/mol. The van der Waals surface area contributed by atoms with Crippen molar-refractivity contribution < 1.29 is 0 Å². The maximum atomic E-state index is 6.19. The molecule has 0 saturated heterocycles. The van der Waals surface area contributed by atoms with Crippen molar-refractivity contribution in [3.63, 3.8) is 0 Å². The van der Waals surface area contributed by atoms with Crippen LogP contribution < -0.4 is 5.73 Å². The molecule has 2 nitrogen and oxygen atoms in total. The SMILES string of the molecule is Nc1c(Sc2cccs2)ccc2cnccc12. The first-order valence-corrected chi connectivity index (χ1v) is 6.88. The third-order valence-electron chi connectivity index (χ3n) is 2.53. The van der Waals surface area contributed by atoms with Crippen LogP contribution in [0, 0.1) is 0 Å². The molecule has 0 aliphatic rings. The van der Waals surface area contributed by atoms with E-state index in [-0.39, 0.29) is 0 Å². The summed E-state index contributed by atoms with van der Waals surface area (Å²) in [5.74, 6) is 0. The van der Waals surface area contributed by atoms with Crippen LogP contribution in [0.5, 0.6) is 0 Å². The standard InChI is InChI=1S/C13H10N2S2/c14-13-10-5-6-15-8-9(10)3-4-11(13)17-12-2-1-7-16-12/h1-8H,14H2. The summed E-state index contributed by atoms with van der Waals surface area (Å²) in [7, 11) is 0. The molecule has 0 fully saturated rings. The Balaban J connectivity index is 2.09. The molecule has 2 N–H and O–H groups in total. The van der Waals surface area contributed by atoms with Crippen LogP contribution in [0.15, 0.2) is 57.2 Å². The highest BCUT2D eigenvalue weighted by molar-refractivity contribution is 8.01. The molecule has 3 rings (SSSR count). The molecule has 2 heterocycles. The van der Waals surface area contributed by atoms with Gasteiger partial charge in [0, 0.05) is 28.1 Å². The molecular formula is C13H10N2S2. The monoisotopic (exact) mass is 258 g/mol. The molecule has 3 aromatic rings. The van der Waals surface area contributed by atoms with Gasteiger partial charge in [0.25, 0.3) is 0 Å². The van der Waals surface area contributed by atoms with Crippen molar-refractivity contribution in [1.82, 2.24) is 4.98 Å². The number of fused-ring (bicyclic) bond motifs is 1. The summed E-state index contributed by atoms with van der Waals surface area (Å²) in [6.07, 6.45) is 3.61. The summed E-state index contributed by atoms with van der Waals surface area (Å²) in [5.41, 5.74) is 7.03. The molecule has 0 spiro atoms. The molecule has 0 atom stereocenters. The molecule has 84 valence electrons. The second-order valence-electron chi connectivity index (χ2n) is 3.61. The lowest BCUT2D eigenvalue weighted by molar-refractivity contribution is 1.36. The van der Waals surface area contributed by atoms with E-state index in [2.05, 4.69) is 28.6 Å². The summed E-state index contributed by atoms with van der Waals surface area (Å²) >= 11 is 3.44. The maximum absolute atomic E-state index is 6.19. The number of hydrogen-bond acceptors (Lipinski definition) is 4. The Hall–Kier alpha value is -1.52. The molecule has 4 heteroatoms. The van der Waals surface area contributed by atoms with Crippen LogP contribution in [0.2, 0.25) is 0 Å². The Morgan fingerprint density at radius 1 is 1.18 bits per heavy atom. The third kappa shape index (κ3) is 2.01. The van der Waals surface area contributed by atoms with Crippen LogP contribution in [-0.4, -0.2) is 4.98 Å². The van der Waals surface area contributed by atoms with Crippen LogP contribution >= 0.6 is 23.1 Å². The zero-order valence-electron chi connectivity index (χ0n) is 8.96. The predicted octanol–water partition coefficient (Wildman–Crippen LogP) is 4.03. The van der Waals surface area contributed by atoms with Gasteiger partial charge < -0.3 is 5.73 Å². The fraction of sp³-hybridized carbons (Fsp3) is 0. The number of benzene rings is 1. The molecule has 17 heavy (non-hydrogen) atoms. The molecular weight excluding hydrogens is 248 g/mol. The van der Waals surface area contributed by atoms with E-state index in [1.807, 2.05) is 18.3 Å². The highest BCUT2D eigenvalue weighted by atomic mass is 32.2. The second-order valence-corrected chi connectivity index (χ2v) is 5.90. The Labute approximate surface area is 107 Å². The molecule has 0 bridgehead atoms. The van der Waals surface area contributed by atoms with E-state index in [0.717, 1.165) is 21.4 Å². The fourth-order valence-electron chi connectivity index (χ4n) is 1.69. The molecule has 0 amide bonds. The topological polar surface area (TPSA) is 38.9 Å². The van der Waals surface area contributed by atoms with E-state index in [0.29, 0.717) is 0 Å². The molecule has 2 aromatic heterocycles. The zero-order chi connectivity index (χ0) is 11.7. The third-order valence-corrected chi connectivity index (χ3v) is 4.64. The van der Waals surface area contributed by atoms with Gasteiger partial charge in [-0.3, -0.25) is 4.98 Å². The molecule has 0 radical (unpaired) electrons. The van der Waals surface area contributed by atoms with Crippen LogP contribution in [-0.2, 0) is 0 Å².